The number of rotatable bonds is 5. The Kier molecular flexibility index (Phi) is 5.11. The van der Waals surface area contributed by atoms with Crippen LogP contribution >= 0.6 is 23.2 Å². The predicted octanol–water partition coefficient (Wildman–Crippen LogP) is 3.26. The topological polar surface area (TPSA) is 69.4 Å². The highest BCUT2D eigenvalue weighted by Gasteiger charge is 2.16. The third-order valence-electron chi connectivity index (χ3n) is 2.78. The van der Waals surface area contributed by atoms with Crippen molar-refractivity contribution in [1.82, 2.24) is 0 Å². The van der Waals surface area contributed by atoms with Gasteiger partial charge in [-0.25, -0.2) is 13.6 Å². The number of nitrogens with two attached hydrogens (primary N) is 1. The van der Waals surface area contributed by atoms with Gasteiger partial charge in [0.1, 0.15) is 10.6 Å². The molecule has 0 radical (unpaired) electrons. The van der Waals surface area contributed by atoms with Crippen LogP contribution in [0.2, 0.25) is 10.0 Å². The number of benzene rings is 2. The van der Waals surface area contributed by atoms with Crippen LogP contribution in [-0.2, 0) is 16.4 Å². The summed E-state index contributed by atoms with van der Waals surface area (Å²) in [6, 6.07) is 12.4. The minimum atomic E-state index is -3.91. The molecule has 21 heavy (non-hydrogen) atoms. The van der Waals surface area contributed by atoms with Gasteiger partial charge in [0.15, 0.2) is 0 Å². The van der Waals surface area contributed by atoms with Crippen LogP contribution < -0.4 is 9.88 Å². The van der Waals surface area contributed by atoms with Gasteiger partial charge in [-0.2, -0.15) is 0 Å². The molecule has 0 aliphatic rings. The average Bonchev–Trinajstić information content (AvgIpc) is 2.42. The van der Waals surface area contributed by atoms with Crippen molar-refractivity contribution in [3.8, 4) is 5.75 Å². The van der Waals surface area contributed by atoms with Crippen molar-refractivity contribution < 1.29 is 13.2 Å². The largest absolute Gasteiger partial charge is 0.492 e. The zero-order chi connectivity index (χ0) is 15.5. The van der Waals surface area contributed by atoms with Crippen LogP contribution in [0.5, 0.6) is 5.75 Å². The van der Waals surface area contributed by atoms with Gasteiger partial charge in [-0.05, 0) is 11.6 Å². The molecule has 112 valence electrons. The molecule has 0 unspecified atom stereocenters. The molecule has 0 saturated carbocycles. The molecule has 0 aliphatic carbocycles. The number of primary sulfonamides is 1. The van der Waals surface area contributed by atoms with Gasteiger partial charge in [0.2, 0.25) is 10.0 Å². The first kappa shape index (κ1) is 16.1. The monoisotopic (exact) mass is 345 g/mol. The summed E-state index contributed by atoms with van der Waals surface area (Å²) in [5, 5.41) is 5.17. The Hall–Kier alpha value is -1.27. The van der Waals surface area contributed by atoms with Gasteiger partial charge in [0.25, 0.3) is 0 Å². The normalized spacial score (nSPS) is 11.4. The minimum Gasteiger partial charge on any atom is -0.492 e. The standard InChI is InChI=1S/C14H13Cl2NO3S/c15-11-9-14(21(17,18)19)12(16)8-13(11)20-7-6-10-4-2-1-3-5-10/h1-5,8-9H,6-7H2,(H2,17,18,19). The van der Waals surface area contributed by atoms with Gasteiger partial charge < -0.3 is 4.74 Å². The Morgan fingerprint density at radius 2 is 1.71 bits per heavy atom. The third kappa shape index (κ3) is 4.35. The van der Waals surface area contributed by atoms with Crippen molar-refractivity contribution in [2.75, 3.05) is 6.61 Å². The Labute approximate surface area is 133 Å². The Morgan fingerprint density at radius 1 is 1.05 bits per heavy atom. The molecule has 2 aromatic rings. The molecule has 0 aromatic heterocycles. The number of ether oxygens (including phenoxy) is 1. The lowest BCUT2D eigenvalue weighted by molar-refractivity contribution is 0.322. The van der Waals surface area contributed by atoms with E-state index in [0.29, 0.717) is 18.8 Å². The minimum absolute atomic E-state index is 0.0170. The van der Waals surface area contributed by atoms with Crippen LogP contribution in [0.4, 0.5) is 0 Å². The van der Waals surface area contributed by atoms with Crippen molar-refractivity contribution in [1.29, 1.82) is 0 Å². The van der Waals surface area contributed by atoms with E-state index in [0.717, 1.165) is 5.56 Å². The molecule has 0 saturated heterocycles. The third-order valence-corrected chi connectivity index (χ3v) is 4.46. The summed E-state index contributed by atoms with van der Waals surface area (Å²) in [7, 11) is -3.91. The Morgan fingerprint density at radius 3 is 2.33 bits per heavy atom. The second-order valence-corrected chi connectivity index (χ2v) is 6.69. The highest BCUT2D eigenvalue weighted by atomic mass is 35.5. The van der Waals surface area contributed by atoms with E-state index < -0.39 is 10.0 Å². The lowest BCUT2D eigenvalue weighted by Crippen LogP contribution is -2.13. The maximum atomic E-state index is 11.3. The summed E-state index contributed by atoms with van der Waals surface area (Å²) in [5.41, 5.74) is 1.13. The van der Waals surface area contributed by atoms with Gasteiger partial charge in [0.05, 0.1) is 16.7 Å². The number of sulfonamides is 1. The molecule has 0 spiro atoms. The number of hydrogen-bond donors (Lipinski definition) is 1. The zero-order valence-electron chi connectivity index (χ0n) is 10.9. The summed E-state index contributed by atoms with van der Waals surface area (Å²) in [5.74, 6) is 0.324. The van der Waals surface area contributed by atoms with E-state index in [1.165, 1.54) is 12.1 Å². The predicted molar refractivity (Wildman–Crippen MR) is 83.5 cm³/mol. The smallest absolute Gasteiger partial charge is 0.239 e. The molecule has 0 atom stereocenters. The van der Waals surface area contributed by atoms with Gasteiger partial charge in [0, 0.05) is 12.5 Å². The SMILES string of the molecule is NS(=O)(=O)c1cc(Cl)c(OCCc2ccccc2)cc1Cl. The van der Waals surface area contributed by atoms with Gasteiger partial charge in [-0.1, -0.05) is 53.5 Å². The first-order valence-corrected chi connectivity index (χ1v) is 8.37. The first-order valence-electron chi connectivity index (χ1n) is 6.06. The van der Waals surface area contributed by atoms with Crippen molar-refractivity contribution in [2.24, 2.45) is 5.14 Å². The van der Waals surface area contributed by atoms with E-state index in [-0.39, 0.29) is 14.9 Å². The van der Waals surface area contributed by atoms with Crippen molar-refractivity contribution in [3.05, 3.63) is 58.1 Å². The quantitative estimate of drug-likeness (QED) is 0.903. The van der Waals surface area contributed by atoms with Crippen molar-refractivity contribution in [2.45, 2.75) is 11.3 Å². The van der Waals surface area contributed by atoms with E-state index in [4.69, 9.17) is 33.1 Å². The summed E-state index contributed by atoms with van der Waals surface area (Å²) in [6.07, 6.45) is 0.700. The molecule has 4 nitrogen and oxygen atoms in total. The fourth-order valence-corrected chi connectivity index (χ4v) is 3.13. The summed E-state index contributed by atoms with van der Waals surface area (Å²) in [4.78, 5) is -0.218. The molecule has 0 heterocycles. The van der Waals surface area contributed by atoms with E-state index in [9.17, 15) is 8.42 Å². The van der Waals surface area contributed by atoms with Crippen LogP contribution in [-0.4, -0.2) is 15.0 Å². The highest BCUT2D eigenvalue weighted by Crippen LogP contribution is 2.33. The highest BCUT2D eigenvalue weighted by molar-refractivity contribution is 7.89. The molecule has 7 heteroatoms. The summed E-state index contributed by atoms with van der Waals surface area (Å²) in [6.45, 7) is 0.398. The molecule has 0 fully saturated rings. The van der Waals surface area contributed by atoms with Crippen LogP contribution in [0, 0.1) is 0 Å². The van der Waals surface area contributed by atoms with E-state index in [1.807, 2.05) is 30.3 Å². The molecule has 2 aromatic carbocycles. The molecule has 0 aliphatic heterocycles. The molecule has 2 N–H and O–H groups in total. The number of halogens is 2. The molecule has 0 amide bonds. The van der Waals surface area contributed by atoms with Crippen LogP contribution in [0.1, 0.15) is 5.56 Å². The maximum absolute atomic E-state index is 11.3. The fraction of sp³-hybridized carbons (Fsp3) is 0.143. The Balaban J connectivity index is 2.09. The van der Waals surface area contributed by atoms with Gasteiger partial charge in [-0.15, -0.1) is 0 Å². The van der Waals surface area contributed by atoms with Crippen LogP contribution in [0.3, 0.4) is 0 Å². The molecular formula is C14H13Cl2NO3S. The number of hydrogen-bond acceptors (Lipinski definition) is 3. The lowest BCUT2D eigenvalue weighted by atomic mass is 10.2. The van der Waals surface area contributed by atoms with Crippen LogP contribution in [0.15, 0.2) is 47.4 Å². The fourth-order valence-electron chi connectivity index (χ4n) is 1.76. The van der Waals surface area contributed by atoms with Crippen LogP contribution in [0.25, 0.3) is 0 Å². The van der Waals surface area contributed by atoms with E-state index in [2.05, 4.69) is 0 Å². The maximum Gasteiger partial charge on any atom is 0.239 e. The lowest BCUT2D eigenvalue weighted by Gasteiger charge is -2.10. The molecule has 0 bridgehead atoms. The zero-order valence-corrected chi connectivity index (χ0v) is 13.3. The second-order valence-electron chi connectivity index (χ2n) is 4.34. The second kappa shape index (κ2) is 6.66. The van der Waals surface area contributed by atoms with Crippen molar-refractivity contribution in [3.63, 3.8) is 0 Å². The van der Waals surface area contributed by atoms with E-state index >= 15 is 0 Å². The van der Waals surface area contributed by atoms with Gasteiger partial charge >= 0.3 is 0 Å². The molecular weight excluding hydrogens is 333 g/mol. The van der Waals surface area contributed by atoms with Gasteiger partial charge in [-0.3, -0.25) is 0 Å². The summed E-state index contributed by atoms with van der Waals surface area (Å²) < 4.78 is 28.2. The van der Waals surface area contributed by atoms with Crippen molar-refractivity contribution >= 4 is 33.2 Å². The summed E-state index contributed by atoms with van der Waals surface area (Å²) >= 11 is 11.9. The molecule has 2 rings (SSSR count). The Bertz CT molecular complexity index is 733. The van der Waals surface area contributed by atoms with E-state index in [1.54, 1.807) is 0 Å². The average molecular weight is 346 g/mol. The first-order chi connectivity index (χ1) is 9.88.